The Hall–Kier alpha value is -0.540. The Morgan fingerprint density at radius 3 is 2.76 bits per heavy atom. The zero-order valence-electron chi connectivity index (χ0n) is 9.92. The number of halogens is 1. The maximum absolute atomic E-state index is 6.32. The summed E-state index contributed by atoms with van der Waals surface area (Å²) in [6, 6.07) is 6.30. The van der Waals surface area contributed by atoms with Crippen molar-refractivity contribution in [3.05, 3.63) is 28.2 Å². The smallest absolute Gasteiger partial charge is 0.124 e. The topological polar surface area (TPSA) is 35.2 Å². The van der Waals surface area contributed by atoms with Crippen LogP contribution in [0.4, 0.5) is 0 Å². The molecule has 1 aliphatic carbocycles. The third kappa shape index (κ3) is 2.11. The molecular formula is C14H18BrNO. The molecular weight excluding hydrogens is 278 g/mol. The molecule has 1 aliphatic heterocycles. The Bertz CT molecular complexity index is 426. The second-order valence-corrected chi connectivity index (χ2v) is 6.25. The minimum absolute atomic E-state index is 0.0263. The second-order valence-electron chi connectivity index (χ2n) is 5.34. The summed E-state index contributed by atoms with van der Waals surface area (Å²) in [5.41, 5.74) is 7.49. The molecule has 0 saturated heterocycles. The lowest BCUT2D eigenvalue weighted by molar-refractivity contribution is 0.00192. The quantitative estimate of drug-likeness (QED) is 0.787. The fraction of sp³-hybridized carbons (Fsp3) is 0.571. The third-order valence-corrected chi connectivity index (χ3v) is 4.55. The SMILES string of the molecule is NC1CC2(CCCCC2)Oc2ccc(Br)cc21. The molecule has 0 bridgehead atoms. The fourth-order valence-corrected chi connectivity index (χ4v) is 3.57. The zero-order chi connectivity index (χ0) is 11.9. The van der Waals surface area contributed by atoms with E-state index in [1.807, 2.05) is 6.07 Å². The highest BCUT2D eigenvalue weighted by atomic mass is 79.9. The Balaban J connectivity index is 1.94. The highest BCUT2D eigenvalue weighted by Crippen LogP contribution is 2.45. The van der Waals surface area contributed by atoms with Crippen LogP contribution in [0.15, 0.2) is 22.7 Å². The first-order valence-electron chi connectivity index (χ1n) is 6.43. The van der Waals surface area contributed by atoms with Crippen LogP contribution in [0.1, 0.15) is 50.1 Å². The predicted octanol–water partition coefficient (Wildman–Crippen LogP) is 3.93. The Kier molecular flexibility index (Phi) is 2.91. The van der Waals surface area contributed by atoms with E-state index in [0.717, 1.165) is 35.0 Å². The summed E-state index contributed by atoms with van der Waals surface area (Å²) < 4.78 is 7.36. The molecule has 92 valence electrons. The minimum atomic E-state index is 0.0263. The van der Waals surface area contributed by atoms with E-state index in [-0.39, 0.29) is 11.6 Å². The van der Waals surface area contributed by atoms with Crippen LogP contribution in [0, 0.1) is 0 Å². The Morgan fingerprint density at radius 1 is 1.24 bits per heavy atom. The Labute approximate surface area is 111 Å². The summed E-state index contributed by atoms with van der Waals surface area (Å²) in [6.07, 6.45) is 7.19. The minimum Gasteiger partial charge on any atom is -0.487 e. The van der Waals surface area contributed by atoms with Crippen molar-refractivity contribution in [2.75, 3.05) is 0 Å². The van der Waals surface area contributed by atoms with E-state index >= 15 is 0 Å². The summed E-state index contributed by atoms with van der Waals surface area (Å²) in [5.74, 6) is 0.994. The molecule has 1 spiro atoms. The first kappa shape index (κ1) is 11.5. The van der Waals surface area contributed by atoms with Crippen molar-refractivity contribution in [2.45, 2.75) is 50.2 Å². The van der Waals surface area contributed by atoms with E-state index in [2.05, 4.69) is 28.1 Å². The number of nitrogens with two attached hydrogens (primary N) is 1. The van der Waals surface area contributed by atoms with Crippen LogP contribution in [0.5, 0.6) is 5.75 Å². The van der Waals surface area contributed by atoms with Gasteiger partial charge in [-0.15, -0.1) is 0 Å². The molecule has 0 radical (unpaired) electrons. The summed E-state index contributed by atoms with van der Waals surface area (Å²) in [4.78, 5) is 0. The third-order valence-electron chi connectivity index (χ3n) is 4.05. The number of ether oxygens (including phenoxy) is 1. The zero-order valence-corrected chi connectivity index (χ0v) is 11.5. The molecule has 3 rings (SSSR count). The van der Waals surface area contributed by atoms with Crippen molar-refractivity contribution in [1.29, 1.82) is 0 Å². The van der Waals surface area contributed by atoms with Gasteiger partial charge in [-0.3, -0.25) is 0 Å². The van der Waals surface area contributed by atoms with E-state index in [0.29, 0.717) is 0 Å². The van der Waals surface area contributed by atoms with E-state index < -0.39 is 0 Å². The van der Waals surface area contributed by atoms with E-state index in [1.165, 1.54) is 19.3 Å². The molecule has 1 aromatic carbocycles. The van der Waals surface area contributed by atoms with Crippen LogP contribution in [0.25, 0.3) is 0 Å². The van der Waals surface area contributed by atoms with E-state index in [4.69, 9.17) is 10.5 Å². The van der Waals surface area contributed by atoms with Gasteiger partial charge < -0.3 is 10.5 Å². The highest BCUT2D eigenvalue weighted by Gasteiger charge is 2.40. The van der Waals surface area contributed by atoms with Gasteiger partial charge in [0.25, 0.3) is 0 Å². The molecule has 2 N–H and O–H groups in total. The highest BCUT2D eigenvalue weighted by molar-refractivity contribution is 9.10. The van der Waals surface area contributed by atoms with Crippen molar-refractivity contribution in [2.24, 2.45) is 5.73 Å². The van der Waals surface area contributed by atoms with Gasteiger partial charge in [0.05, 0.1) is 0 Å². The van der Waals surface area contributed by atoms with Gasteiger partial charge in [-0.1, -0.05) is 22.4 Å². The lowest BCUT2D eigenvalue weighted by Gasteiger charge is -2.43. The second kappa shape index (κ2) is 4.29. The van der Waals surface area contributed by atoms with Gasteiger partial charge in [-0.05, 0) is 43.9 Å². The summed E-state index contributed by atoms with van der Waals surface area (Å²) in [5, 5.41) is 0. The maximum Gasteiger partial charge on any atom is 0.124 e. The van der Waals surface area contributed by atoms with Gasteiger partial charge >= 0.3 is 0 Å². The maximum atomic E-state index is 6.32. The normalized spacial score (nSPS) is 26.4. The van der Waals surface area contributed by atoms with Crippen molar-refractivity contribution >= 4 is 15.9 Å². The standard InChI is InChI=1S/C14H18BrNO/c15-10-4-5-13-11(8-10)12(16)9-14(17-13)6-2-1-3-7-14/h4-5,8,12H,1-3,6-7,9,16H2. The number of rotatable bonds is 0. The summed E-state index contributed by atoms with van der Waals surface area (Å²) in [7, 11) is 0. The monoisotopic (exact) mass is 295 g/mol. The first-order chi connectivity index (χ1) is 8.19. The first-order valence-corrected chi connectivity index (χ1v) is 7.22. The summed E-state index contributed by atoms with van der Waals surface area (Å²) >= 11 is 3.49. The number of hydrogen-bond donors (Lipinski definition) is 1. The molecule has 2 aliphatic rings. The molecule has 1 heterocycles. The molecule has 1 unspecified atom stereocenters. The molecule has 0 aromatic heterocycles. The molecule has 0 amide bonds. The van der Waals surface area contributed by atoms with Crippen molar-refractivity contribution < 1.29 is 4.74 Å². The van der Waals surface area contributed by atoms with Crippen LogP contribution in [-0.4, -0.2) is 5.60 Å². The lowest BCUT2D eigenvalue weighted by Crippen LogP contribution is -2.44. The molecule has 1 saturated carbocycles. The van der Waals surface area contributed by atoms with Gasteiger partial charge in [-0.25, -0.2) is 0 Å². The van der Waals surface area contributed by atoms with Crippen molar-refractivity contribution in [3.63, 3.8) is 0 Å². The molecule has 1 atom stereocenters. The molecule has 2 nitrogen and oxygen atoms in total. The average molecular weight is 296 g/mol. The van der Waals surface area contributed by atoms with Crippen molar-refractivity contribution in [3.8, 4) is 5.75 Å². The van der Waals surface area contributed by atoms with Gasteiger partial charge in [0, 0.05) is 22.5 Å². The van der Waals surface area contributed by atoms with Gasteiger partial charge in [0.1, 0.15) is 11.4 Å². The number of fused-ring (bicyclic) bond motifs is 1. The Morgan fingerprint density at radius 2 is 2.00 bits per heavy atom. The van der Waals surface area contributed by atoms with Crippen LogP contribution < -0.4 is 10.5 Å². The fourth-order valence-electron chi connectivity index (χ4n) is 3.19. The van der Waals surface area contributed by atoms with Crippen LogP contribution in [-0.2, 0) is 0 Å². The van der Waals surface area contributed by atoms with Gasteiger partial charge in [0.2, 0.25) is 0 Å². The number of hydrogen-bond acceptors (Lipinski definition) is 2. The number of benzene rings is 1. The lowest BCUT2D eigenvalue weighted by atomic mass is 9.77. The molecule has 17 heavy (non-hydrogen) atoms. The van der Waals surface area contributed by atoms with E-state index in [9.17, 15) is 0 Å². The van der Waals surface area contributed by atoms with Crippen molar-refractivity contribution in [1.82, 2.24) is 0 Å². The van der Waals surface area contributed by atoms with Gasteiger partial charge in [-0.2, -0.15) is 0 Å². The predicted molar refractivity (Wildman–Crippen MR) is 72.1 cm³/mol. The molecule has 1 fully saturated rings. The average Bonchev–Trinajstić information content (AvgIpc) is 2.31. The van der Waals surface area contributed by atoms with Crippen LogP contribution in [0.2, 0.25) is 0 Å². The summed E-state index contributed by atoms with van der Waals surface area (Å²) in [6.45, 7) is 0. The molecule has 1 aromatic rings. The largest absolute Gasteiger partial charge is 0.487 e. The van der Waals surface area contributed by atoms with Crippen LogP contribution in [0.3, 0.4) is 0 Å². The van der Waals surface area contributed by atoms with E-state index in [1.54, 1.807) is 0 Å². The molecule has 3 heteroatoms. The van der Waals surface area contributed by atoms with Gasteiger partial charge in [0.15, 0.2) is 0 Å². The van der Waals surface area contributed by atoms with Crippen LogP contribution >= 0.6 is 15.9 Å².